The van der Waals surface area contributed by atoms with E-state index in [1.807, 2.05) is 0 Å². The molecular formula is C13H14N4O. The third-order valence-corrected chi connectivity index (χ3v) is 2.54. The van der Waals surface area contributed by atoms with E-state index >= 15 is 0 Å². The van der Waals surface area contributed by atoms with Crippen molar-refractivity contribution in [3.05, 3.63) is 59.3 Å². The van der Waals surface area contributed by atoms with Gasteiger partial charge in [-0.15, -0.1) is 0 Å². The first-order chi connectivity index (χ1) is 8.65. The molecule has 2 heterocycles. The summed E-state index contributed by atoms with van der Waals surface area (Å²) in [7, 11) is 0. The zero-order chi connectivity index (χ0) is 13.1. The van der Waals surface area contributed by atoms with E-state index in [2.05, 4.69) is 28.2 Å². The maximum absolute atomic E-state index is 12.1. The highest BCUT2D eigenvalue weighted by Crippen LogP contribution is 2.05. The van der Waals surface area contributed by atoms with Crippen LogP contribution in [0.4, 0.5) is 0 Å². The molecule has 5 nitrogen and oxygen atoms in total. The van der Waals surface area contributed by atoms with E-state index in [1.54, 1.807) is 31.3 Å². The Labute approximate surface area is 104 Å². The van der Waals surface area contributed by atoms with Gasteiger partial charge in [-0.05, 0) is 12.5 Å². The molecule has 0 spiro atoms. The highest BCUT2D eigenvalue weighted by molar-refractivity contribution is 5.72. The average molecular weight is 242 g/mol. The predicted molar refractivity (Wildman–Crippen MR) is 71.4 cm³/mol. The van der Waals surface area contributed by atoms with E-state index in [4.69, 9.17) is 0 Å². The molecule has 0 radical (unpaired) electrons. The van der Waals surface area contributed by atoms with Crippen LogP contribution in [-0.2, 0) is 6.54 Å². The number of aryl methyl sites for hydroxylation is 1. The Morgan fingerprint density at radius 1 is 1.56 bits per heavy atom. The van der Waals surface area contributed by atoms with Crippen LogP contribution in [0.2, 0.25) is 0 Å². The van der Waals surface area contributed by atoms with Crippen LogP contribution in [0.15, 0.2) is 48.0 Å². The molecule has 2 rings (SSSR count). The molecule has 2 aromatic rings. The van der Waals surface area contributed by atoms with Crippen LogP contribution in [0, 0.1) is 6.92 Å². The fraction of sp³-hybridized carbons (Fsp3) is 0.154. The van der Waals surface area contributed by atoms with Crippen LogP contribution >= 0.6 is 0 Å². The molecule has 0 bridgehead atoms. The summed E-state index contributed by atoms with van der Waals surface area (Å²) in [5.74, 6) is 0.701. The Morgan fingerprint density at radius 2 is 2.33 bits per heavy atom. The summed E-state index contributed by atoms with van der Waals surface area (Å²) in [5.41, 5.74) is 1.71. The Morgan fingerprint density at radius 3 is 3.00 bits per heavy atom. The minimum Gasteiger partial charge on any atom is -0.341 e. The number of aromatic amines is 1. The monoisotopic (exact) mass is 242 g/mol. The van der Waals surface area contributed by atoms with Crippen molar-refractivity contribution >= 4 is 11.0 Å². The molecule has 2 aromatic heterocycles. The third-order valence-electron chi connectivity index (χ3n) is 2.54. The predicted octanol–water partition coefficient (Wildman–Crippen LogP) is 1.73. The van der Waals surface area contributed by atoms with Gasteiger partial charge in [0, 0.05) is 0 Å². The number of rotatable bonds is 4. The number of nitrogens with one attached hydrogen (secondary N) is 1. The SMILES string of the molecule is C=C/C=C(\C=C)Cn1ncc2[nH]c(C)nc2c1=O. The maximum atomic E-state index is 12.1. The third kappa shape index (κ3) is 2.15. The number of fused-ring (bicyclic) bond motifs is 1. The zero-order valence-electron chi connectivity index (χ0n) is 10.2. The molecule has 0 aliphatic heterocycles. The number of imidazole rings is 1. The molecule has 0 amide bonds. The first-order valence-electron chi connectivity index (χ1n) is 5.52. The number of allylic oxidation sites excluding steroid dienone is 4. The van der Waals surface area contributed by atoms with Crippen molar-refractivity contribution in [1.29, 1.82) is 0 Å². The summed E-state index contributed by atoms with van der Waals surface area (Å²) in [5, 5.41) is 4.10. The molecule has 0 aromatic carbocycles. The lowest BCUT2D eigenvalue weighted by Gasteiger charge is -2.04. The molecule has 5 heteroatoms. The van der Waals surface area contributed by atoms with Crippen molar-refractivity contribution in [1.82, 2.24) is 19.7 Å². The van der Waals surface area contributed by atoms with Gasteiger partial charge in [0.25, 0.3) is 5.56 Å². The molecule has 18 heavy (non-hydrogen) atoms. The van der Waals surface area contributed by atoms with Crippen molar-refractivity contribution in [2.75, 3.05) is 0 Å². The second-order valence-corrected chi connectivity index (χ2v) is 3.87. The van der Waals surface area contributed by atoms with Gasteiger partial charge in [-0.1, -0.05) is 31.4 Å². The van der Waals surface area contributed by atoms with E-state index in [0.29, 0.717) is 23.4 Å². The van der Waals surface area contributed by atoms with Crippen LogP contribution in [0.3, 0.4) is 0 Å². The van der Waals surface area contributed by atoms with Gasteiger partial charge >= 0.3 is 0 Å². The summed E-state index contributed by atoms with van der Waals surface area (Å²) < 4.78 is 1.36. The molecule has 0 saturated carbocycles. The Hall–Kier alpha value is -2.43. The fourth-order valence-corrected chi connectivity index (χ4v) is 1.69. The van der Waals surface area contributed by atoms with Crippen LogP contribution in [-0.4, -0.2) is 19.7 Å². The maximum Gasteiger partial charge on any atom is 0.295 e. The second kappa shape index (κ2) is 4.83. The smallest absolute Gasteiger partial charge is 0.295 e. The summed E-state index contributed by atoms with van der Waals surface area (Å²) in [4.78, 5) is 19.3. The summed E-state index contributed by atoms with van der Waals surface area (Å²) in [6.07, 6.45) is 6.72. The van der Waals surface area contributed by atoms with E-state index in [-0.39, 0.29) is 5.56 Å². The minimum absolute atomic E-state index is 0.214. The van der Waals surface area contributed by atoms with Gasteiger partial charge in [-0.2, -0.15) is 5.10 Å². The van der Waals surface area contributed by atoms with Gasteiger partial charge < -0.3 is 4.98 Å². The average Bonchev–Trinajstić information content (AvgIpc) is 2.73. The van der Waals surface area contributed by atoms with E-state index in [9.17, 15) is 4.79 Å². The molecule has 0 unspecified atom stereocenters. The molecule has 0 fully saturated rings. The quantitative estimate of drug-likeness (QED) is 0.830. The molecular weight excluding hydrogens is 228 g/mol. The normalized spacial score (nSPS) is 11.7. The fourth-order valence-electron chi connectivity index (χ4n) is 1.69. The molecule has 1 N–H and O–H groups in total. The van der Waals surface area contributed by atoms with Gasteiger partial charge in [-0.3, -0.25) is 4.79 Å². The topological polar surface area (TPSA) is 63.6 Å². The molecule has 0 saturated heterocycles. The van der Waals surface area contributed by atoms with Crippen molar-refractivity contribution in [2.24, 2.45) is 0 Å². The van der Waals surface area contributed by atoms with Crippen molar-refractivity contribution in [3.63, 3.8) is 0 Å². The highest BCUT2D eigenvalue weighted by atomic mass is 16.1. The molecule has 92 valence electrons. The van der Waals surface area contributed by atoms with Gasteiger partial charge in [0.1, 0.15) is 5.82 Å². The van der Waals surface area contributed by atoms with Gasteiger partial charge in [0.15, 0.2) is 5.52 Å². The van der Waals surface area contributed by atoms with Gasteiger partial charge in [0.2, 0.25) is 0 Å². The Kier molecular flexibility index (Phi) is 3.23. The Bertz CT molecular complexity index is 691. The van der Waals surface area contributed by atoms with Gasteiger partial charge in [-0.25, -0.2) is 9.67 Å². The summed E-state index contributed by atoms with van der Waals surface area (Å²) in [6.45, 7) is 9.47. The van der Waals surface area contributed by atoms with Crippen LogP contribution in [0.5, 0.6) is 0 Å². The lowest BCUT2D eigenvalue weighted by atomic mass is 10.2. The Balaban J connectivity index is 2.49. The number of hydrogen-bond donors (Lipinski definition) is 1. The summed E-state index contributed by atoms with van der Waals surface area (Å²) in [6, 6.07) is 0. The lowest BCUT2D eigenvalue weighted by molar-refractivity contribution is 0.645. The van der Waals surface area contributed by atoms with E-state index < -0.39 is 0 Å². The minimum atomic E-state index is -0.214. The summed E-state index contributed by atoms with van der Waals surface area (Å²) >= 11 is 0. The number of nitrogens with zero attached hydrogens (tertiary/aromatic N) is 3. The van der Waals surface area contributed by atoms with Crippen molar-refractivity contribution in [3.8, 4) is 0 Å². The molecule has 0 aliphatic rings. The van der Waals surface area contributed by atoms with Crippen LogP contribution < -0.4 is 5.56 Å². The lowest BCUT2D eigenvalue weighted by Crippen LogP contribution is -2.23. The molecule has 0 aliphatic carbocycles. The highest BCUT2D eigenvalue weighted by Gasteiger charge is 2.08. The number of hydrogen-bond acceptors (Lipinski definition) is 3. The number of aromatic nitrogens is 4. The zero-order valence-corrected chi connectivity index (χ0v) is 10.2. The first-order valence-corrected chi connectivity index (χ1v) is 5.52. The number of H-pyrrole nitrogens is 1. The van der Waals surface area contributed by atoms with E-state index in [0.717, 1.165) is 5.57 Å². The van der Waals surface area contributed by atoms with Crippen LogP contribution in [0.1, 0.15) is 5.82 Å². The largest absolute Gasteiger partial charge is 0.341 e. The van der Waals surface area contributed by atoms with E-state index in [1.165, 1.54) is 4.68 Å². The van der Waals surface area contributed by atoms with Crippen molar-refractivity contribution in [2.45, 2.75) is 13.5 Å². The standard InChI is InChI=1S/C13H14N4O/c1-4-6-10(5-2)8-17-13(18)12-11(7-14-17)15-9(3)16-12/h4-7H,1-2,8H2,3H3,(H,15,16)/b10-6+. The molecule has 0 atom stereocenters. The van der Waals surface area contributed by atoms with Crippen LogP contribution in [0.25, 0.3) is 11.0 Å². The van der Waals surface area contributed by atoms with Gasteiger partial charge in [0.05, 0.1) is 18.3 Å². The second-order valence-electron chi connectivity index (χ2n) is 3.87. The first kappa shape index (κ1) is 12.0. The van der Waals surface area contributed by atoms with Crippen molar-refractivity contribution < 1.29 is 0 Å².